The summed E-state index contributed by atoms with van der Waals surface area (Å²) in [7, 11) is 0. The van der Waals surface area contributed by atoms with E-state index in [1.807, 2.05) is 13.8 Å². The minimum absolute atomic E-state index is 0.0115. The molecule has 0 saturated heterocycles. The summed E-state index contributed by atoms with van der Waals surface area (Å²) in [6.45, 7) is 5.55. The van der Waals surface area contributed by atoms with E-state index in [-0.39, 0.29) is 11.8 Å². The van der Waals surface area contributed by atoms with Gasteiger partial charge < -0.3 is 10.5 Å². The van der Waals surface area contributed by atoms with Gasteiger partial charge in [-0.15, -0.1) is 0 Å². The Labute approximate surface area is 95.3 Å². The molecule has 0 amide bonds. The van der Waals surface area contributed by atoms with E-state index in [4.69, 9.17) is 10.5 Å². The van der Waals surface area contributed by atoms with E-state index in [0.717, 1.165) is 12.0 Å². The van der Waals surface area contributed by atoms with Crippen LogP contribution in [0.3, 0.4) is 0 Å². The largest absolute Gasteiger partial charge is 0.377 e. The maximum atomic E-state index is 11.4. The summed E-state index contributed by atoms with van der Waals surface area (Å²) >= 11 is 0. The second-order valence-electron chi connectivity index (χ2n) is 3.71. The number of nitrogens with two attached hydrogens (primary N) is 1. The summed E-state index contributed by atoms with van der Waals surface area (Å²) in [6.07, 6.45) is 4.11. The van der Waals surface area contributed by atoms with Crippen molar-refractivity contribution in [1.82, 2.24) is 9.55 Å². The molecule has 1 rings (SSSR count). The molecule has 0 aliphatic rings. The predicted molar refractivity (Wildman–Crippen MR) is 62.3 cm³/mol. The summed E-state index contributed by atoms with van der Waals surface area (Å²) < 4.78 is 7.02. The maximum absolute atomic E-state index is 11.4. The number of aryl methyl sites for hydroxylation is 2. The van der Waals surface area contributed by atoms with Crippen molar-refractivity contribution in [1.29, 1.82) is 0 Å². The molecule has 1 aromatic rings. The maximum Gasteiger partial charge on any atom is 0.347 e. The van der Waals surface area contributed by atoms with Gasteiger partial charge in [0.2, 0.25) is 0 Å². The summed E-state index contributed by atoms with van der Waals surface area (Å²) in [4.78, 5) is 15.2. The molecular weight excluding hydrogens is 206 g/mol. The standard InChI is InChI=1S/C11H19N3O2/c1-3-16-10(6-12)4-5-14-8-9(2)7-13-11(14)15/h7-8,10H,3-6,12H2,1-2H3. The van der Waals surface area contributed by atoms with Gasteiger partial charge in [-0.2, -0.15) is 0 Å². The lowest BCUT2D eigenvalue weighted by Gasteiger charge is -2.15. The zero-order valence-electron chi connectivity index (χ0n) is 9.85. The zero-order chi connectivity index (χ0) is 12.0. The van der Waals surface area contributed by atoms with E-state index in [2.05, 4.69) is 4.98 Å². The summed E-state index contributed by atoms with van der Waals surface area (Å²) in [6, 6.07) is 0. The first-order valence-electron chi connectivity index (χ1n) is 5.52. The predicted octanol–water partition coefficient (Wildman–Crippen LogP) is 0.306. The SMILES string of the molecule is CCOC(CN)CCn1cc(C)cnc1=O. The molecule has 0 aromatic carbocycles. The average Bonchev–Trinajstić information content (AvgIpc) is 2.28. The molecule has 0 fully saturated rings. The van der Waals surface area contributed by atoms with Gasteiger partial charge in [0.15, 0.2) is 0 Å². The van der Waals surface area contributed by atoms with Crippen LogP contribution in [-0.4, -0.2) is 28.8 Å². The number of ether oxygens (including phenoxy) is 1. The van der Waals surface area contributed by atoms with Gasteiger partial charge in [-0.3, -0.25) is 4.57 Å². The molecule has 0 aliphatic carbocycles. The summed E-state index contributed by atoms with van der Waals surface area (Å²) in [5.41, 5.74) is 6.31. The number of hydrogen-bond donors (Lipinski definition) is 1. The van der Waals surface area contributed by atoms with Crippen molar-refractivity contribution in [3.63, 3.8) is 0 Å². The Morgan fingerprint density at radius 1 is 1.62 bits per heavy atom. The molecule has 1 heterocycles. The number of nitrogens with zero attached hydrogens (tertiary/aromatic N) is 2. The van der Waals surface area contributed by atoms with Crippen molar-refractivity contribution in [2.24, 2.45) is 5.73 Å². The van der Waals surface area contributed by atoms with Gasteiger partial charge in [0.05, 0.1) is 6.10 Å². The molecule has 2 N–H and O–H groups in total. The highest BCUT2D eigenvalue weighted by Gasteiger charge is 2.06. The second kappa shape index (κ2) is 6.40. The zero-order valence-corrected chi connectivity index (χ0v) is 9.85. The van der Waals surface area contributed by atoms with Crippen LogP contribution in [0.5, 0.6) is 0 Å². The van der Waals surface area contributed by atoms with Gasteiger partial charge in [-0.05, 0) is 25.8 Å². The molecule has 0 aliphatic heterocycles. The molecular formula is C11H19N3O2. The van der Waals surface area contributed by atoms with Gasteiger partial charge in [0.1, 0.15) is 0 Å². The lowest BCUT2D eigenvalue weighted by molar-refractivity contribution is 0.0596. The van der Waals surface area contributed by atoms with Gasteiger partial charge in [-0.1, -0.05) is 0 Å². The molecule has 90 valence electrons. The van der Waals surface area contributed by atoms with Crippen LogP contribution < -0.4 is 11.4 Å². The Bertz CT molecular complexity index is 376. The first-order valence-corrected chi connectivity index (χ1v) is 5.52. The van der Waals surface area contributed by atoms with Crippen molar-refractivity contribution in [2.75, 3.05) is 13.2 Å². The first-order chi connectivity index (χ1) is 7.67. The smallest absolute Gasteiger partial charge is 0.347 e. The summed E-state index contributed by atoms with van der Waals surface area (Å²) in [5.74, 6) is 0. The fraction of sp³-hybridized carbons (Fsp3) is 0.636. The van der Waals surface area contributed by atoms with Crippen LogP contribution in [0.25, 0.3) is 0 Å². The molecule has 0 spiro atoms. The lowest BCUT2D eigenvalue weighted by atomic mass is 10.2. The second-order valence-corrected chi connectivity index (χ2v) is 3.71. The fourth-order valence-electron chi connectivity index (χ4n) is 1.51. The van der Waals surface area contributed by atoms with Crippen LogP contribution in [0, 0.1) is 6.92 Å². The Balaban J connectivity index is 2.59. The van der Waals surface area contributed by atoms with E-state index in [1.54, 1.807) is 17.0 Å². The third kappa shape index (κ3) is 3.75. The van der Waals surface area contributed by atoms with Crippen LogP contribution >= 0.6 is 0 Å². The van der Waals surface area contributed by atoms with Crippen LogP contribution in [0.2, 0.25) is 0 Å². The van der Waals surface area contributed by atoms with E-state index >= 15 is 0 Å². The highest BCUT2D eigenvalue weighted by Crippen LogP contribution is 1.99. The molecule has 16 heavy (non-hydrogen) atoms. The van der Waals surface area contributed by atoms with E-state index < -0.39 is 0 Å². The number of rotatable bonds is 6. The van der Waals surface area contributed by atoms with Gasteiger partial charge in [0, 0.05) is 32.1 Å². The molecule has 1 atom stereocenters. The highest BCUT2D eigenvalue weighted by atomic mass is 16.5. The molecule has 0 radical (unpaired) electrons. The highest BCUT2D eigenvalue weighted by molar-refractivity contribution is 4.99. The van der Waals surface area contributed by atoms with E-state index in [1.165, 1.54) is 0 Å². The molecule has 0 bridgehead atoms. The molecule has 1 unspecified atom stereocenters. The van der Waals surface area contributed by atoms with Crippen molar-refractivity contribution in [2.45, 2.75) is 32.9 Å². The van der Waals surface area contributed by atoms with Crippen LogP contribution in [0.1, 0.15) is 18.9 Å². The van der Waals surface area contributed by atoms with Crippen LogP contribution in [-0.2, 0) is 11.3 Å². The Morgan fingerprint density at radius 3 is 3.00 bits per heavy atom. The lowest BCUT2D eigenvalue weighted by Crippen LogP contribution is -2.29. The third-order valence-corrected chi connectivity index (χ3v) is 2.34. The van der Waals surface area contributed by atoms with Crippen molar-refractivity contribution in [3.05, 3.63) is 28.4 Å². The van der Waals surface area contributed by atoms with E-state index in [9.17, 15) is 4.79 Å². The van der Waals surface area contributed by atoms with Crippen molar-refractivity contribution >= 4 is 0 Å². The number of aromatic nitrogens is 2. The van der Waals surface area contributed by atoms with Gasteiger partial charge in [0.25, 0.3) is 0 Å². The molecule has 0 saturated carbocycles. The quantitative estimate of drug-likeness (QED) is 0.756. The first kappa shape index (κ1) is 12.9. The third-order valence-electron chi connectivity index (χ3n) is 2.34. The summed E-state index contributed by atoms with van der Waals surface area (Å²) in [5, 5.41) is 0. The number of hydrogen-bond acceptors (Lipinski definition) is 4. The van der Waals surface area contributed by atoms with Crippen LogP contribution in [0.15, 0.2) is 17.2 Å². The minimum atomic E-state index is -0.224. The Morgan fingerprint density at radius 2 is 2.38 bits per heavy atom. The molecule has 5 heteroatoms. The fourth-order valence-corrected chi connectivity index (χ4v) is 1.51. The minimum Gasteiger partial charge on any atom is -0.377 e. The van der Waals surface area contributed by atoms with Crippen LogP contribution in [0.4, 0.5) is 0 Å². The Kier molecular flexibility index (Phi) is 5.14. The monoisotopic (exact) mass is 225 g/mol. The van der Waals surface area contributed by atoms with Gasteiger partial charge in [-0.25, -0.2) is 9.78 Å². The molecule has 1 aromatic heterocycles. The van der Waals surface area contributed by atoms with Crippen molar-refractivity contribution < 1.29 is 4.74 Å². The van der Waals surface area contributed by atoms with E-state index in [0.29, 0.717) is 19.7 Å². The van der Waals surface area contributed by atoms with Gasteiger partial charge >= 0.3 is 5.69 Å². The topological polar surface area (TPSA) is 70.1 Å². The van der Waals surface area contributed by atoms with Crippen molar-refractivity contribution in [3.8, 4) is 0 Å². The average molecular weight is 225 g/mol. The Hall–Kier alpha value is -1.20. The normalized spacial score (nSPS) is 12.7. The molecule has 5 nitrogen and oxygen atoms in total.